The van der Waals surface area contributed by atoms with Crippen LogP contribution >= 0.6 is 0 Å². The van der Waals surface area contributed by atoms with Crippen LogP contribution in [0.2, 0.25) is 0 Å². The van der Waals surface area contributed by atoms with Gasteiger partial charge in [0.25, 0.3) is 0 Å². The predicted octanol–water partition coefficient (Wildman–Crippen LogP) is 4.97. The van der Waals surface area contributed by atoms with E-state index in [1.54, 1.807) is 0 Å². The summed E-state index contributed by atoms with van der Waals surface area (Å²) < 4.78 is 0. The Morgan fingerprint density at radius 2 is 1.41 bits per heavy atom. The lowest BCUT2D eigenvalue weighted by Gasteiger charge is -2.32. The van der Waals surface area contributed by atoms with Gasteiger partial charge in [0.15, 0.2) is 0 Å². The average molecular weight is 293 g/mol. The second-order valence-electron chi connectivity index (χ2n) is 6.54. The molecule has 3 rings (SSSR count). The van der Waals surface area contributed by atoms with Crippen LogP contribution in [0.3, 0.4) is 0 Å². The number of hydrogen-bond donors (Lipinski definition) is 1. The van der Waals surface area contributed by atoms with Crippen molar-refractivity contribution in [1.29, 1.82) is 0 Å². The molecule has 22 heavy (non-hydrogen) atoms. The molecule has 2 atom stereocenters. The first-order valence-electron chi connectivity index (χ1n) is 8.73. The van der Waals surface area contributed by atoms with Crippen LogP contribution in [-0.4, -0.2) is 6.04 Å². The molecule has 1 fully saturated rings. The smallest absolute Gasteiger partial charge is 0.0208 e. The summed E-state index contributed by atoms with van der Waals surface area (Å²) in [6.45, 7) is 1.01. The summed E-state index contributed by atoms with van der Waals surface area (Å²) in [6, 6.07) is 22.4. The van der Waals surface area contributed by atoms with Crippen molar-refractivity contribution in [2.45, 2.75) is 51.1 Å². The summed E-state index contributed by atoms with van der Waals surface area (Å²) in [6.07, 6.45) is 8.05. The van der Waals surface area contributed by atoms with Crippen molar-refractivity contribution in [3.8, 4) is 0 Å². The van der Waals surface area contributed by atoms with E-state index in [0.29, 0.717) is 6.04 Å². The van der Waals surface area contributed by atoms with Gasteiger partial charge in [-0.15, -0.1) is 0 Å². The molecule has 0 amide bonds. The van der Waals surface area contributed by atoms with Crippen LogP contribution < -0.4 is 5.32 Å². The SMILES string of the molecule is c1ccc(CC[C@H]2CCCC[C@@H]2NCc2ccccc2)cc1. The van der Waals surface area contributed by atoms with Gasteiger partial charge in [-0.2, -0.15) is 0 Å². The molecule has 1 aliphatic rings. The van der Waals surface area contributed by atoms with Gasteiger partial charge in [0.05, 0.1) is 0 Å². The van der Waals surface area contributed by atoms with Gasteiger partial charge in [-0.25, -0.2) is 0 Å². The molecule has 1 saturated carbocycles. The minimum absolute atomic E-state index is 0.692. The molecule has 0 aliphatic heterocycles. The number of aryl methyl sites for hydroxylation is 1. The van der Waals surface area contributed by atoms with Crippen molar-refractivity contribution in [3.63, 3.8) is 0 Å². The maximum Gasteiger partial charge on any atom is 0.0208 e. The van der Waals surface area contributed by atoms with Gasteiger partial charge < -0.3 is 5.32 Å². The van der Waals surface area contributed by atoms with E-state index in [2.05, 4.69) is 66.0 Å². The average Bonchev–Trinajstić information content (AvgIpc) is 2.61. The second kappa shape index (κ2) is 8.14. The third-order valence-corrected chi connectivity index (χ3v) is 4.97. The van der Waals surface area contributed by atoms with Crippen molar-refractivity contribution in [1.82, 2.24) is 5.32 Å². The molecule has 116 valence electrons. The Hall–Kier alpha value is -1.60. The van der Waals surface area contributed by atoms with Gasteiger partial charge in [0.2, 0.25) is 0 Å². The van der Waals surface area contributed by atoms with Crippen LogP contribution in [0.15, 0.2) is 60.7 Å². The van der Waals surface area contributed by atoms with Crippen LogP contribution in [0.1, 0.15) is 43.2 Å². The molecule has 1 heteroatoms. The first-order chi connectivity index (χ1) is 10.9. The molecule has 1 N–H and O–H groups in total. The zero-order valence-corrected chi connectivity index (χ0v) is 13.4. The summed E-state index contributed by atoms with van der Waals surface area (Å²) in [7, 11) is 0. The summed E-state index contributed by atoms with van der Waals surface area (Å²) in [4.78, 5) is 0. The first-order valence-corrected chi connectivity index (χ1v) is 8.73. The van der Waals surface area contributed by atoms with Crippen molar-refractivity contribution in [2.75, 3.05) is 0 Å². The second-order valence-corrected chi connectivity index (χ2v) is 6.54. The minimum atomic E-state index is 0.692. The molecule has 1 aliphatic carbocycles. The Bertz CT molecular complexity index is 483. The van der Waals surface area contributed by atoms with Crippen LogP contribution in [0.4, 0.5) is 0 Å². The van der Waals surface area contributed by atoms with E-state index >= 15 is 0 Å². The van der Waals surface area contributed by atoms with E-state index in [4.69, 9.17) is 0 Å². The minimum Gasteiger partial charge on any atom is -0.310 e. The van der Waals surface area contributed by atoms with E-state index in [1.807, 2.05) is 0 Å². The molecule has 0 heterocycles. The highest BCUT2D eigenvalue weighted by atomic mass is 14.9. The zero-order chi connectivity index (χ0) is 15.0. The highest BCUT2D eigenvalue weighted by molar-refractivity contribution is 5.15. The Balaban J connectivity index is 1.52. The molecule has 0 bridgehead atoms. The van der Waals surface area contributed by atoms with Gasteiger partial charge in [-0.3, -0.25) is 0 Å². The molecular formula is C21H27N. The van der Waals surface area contributed by atoms with Gasteiger partial charge in [0.1, 0.15) is 0 Å². The molecule has 0 unspecified atom stereocenters. The Kier molecular flexibility index (Phi) is 5.66. The Morgan fingerprint density at radius 3 is 2.14 bits per heavy atom. The summed E-state index contributed by atoms with van der Waals surface area (Å²) in [5.41, 5.74) is 2.88. The number of nitrogens with one attached hydrogen (secondary N) is 1. The highest BCUT2D eigenvalue weighted by Crippen LogP contribution is 2.28. The van der Waals surface area contributed by atoms with Gasteiger partial charge in [-0.1, -0.05) is 73.5 Å². The van der Waals surface area contributed by atoms with E-state index in [9.17, 15) is 0 Å². The lowest BCUT2D eigenvalue weighted by molar-refractivity contribution is 0.248. The van der Waals surface area contributed by atoms with E-state index in [0.717, 1.165) is 12.5 Å². The largest absolute Gasteiger partial charge is 0.310 e. The third-order valence-electron chi connectivity index (χ3n) is 4.97. The van der Waals surface area contributed by atoms with Crippen LogP contribution in [0, 0.1) is 5.92 Å². The summed E-state index contributed by atoms with van der Waals surface area (Å²) in [5, 5.41) is 3.82. The van der Waals surface area contributed by atoms with Gasteiger partial charge >= 0.3 is 0 Å². The molecule has 0 saturated heterocycles. The van der Waals surface area contributed by atoms with Gasteiger partial charge in [-0.05, 0) is 42.7 Å². The monoisotopic (exact) mass is 293 g/mol. The predicted molar refractivity (Wildman–Crippen MR) is 93.8 cm³/mol. The standard InChI is InChI=1S/C21H27N/c1-3-9-18(10-4-1)15-16-20-13-7-8-14-21(20)22-17-19-11-5-2-6-12-19/h1-6,9-12,20-22H,7-8,13-17H2/t20-,21+/m1/s1. The fraction of sp³-hybridized carbons (Fsp3) is 0.429. The number of rotatable bonds is 6. The summed E-state index contributed by atoms with van der Waals surface area (Å²) >= 11 is 0. The quantitative estimate of drug-likeness (QED) is 0.793. The molecule has 0 spiro atoms. The molecule has 0 aromatic heterocycles. The first kappa shape index (κ1) is 15.3. The van der Waals surface area contributed by atoms with Crippen LogP contribution in [-0.2, 0) is 13.0 Å². The van der Waals surface area contributed by atoms with E-state index < -0.39 is 0 Å². The Morgan fingerprint density at radius 1 is 0.773 bits per heavy atom. The third kappa shape index (κ3) is 4.45. The maximum atomic E-state index is 3.82. The van der Waals surface area contributed by atoms with Crippen molar-refractivity contribution in [3.05, 3.63) is 71.8 Å². The van der Waals surface area contributed by atoms with E-state index in [-0.39, 0.29) is 0 Å². The number of hydrogen-bond acceptors (Lipinski definition) is 1. The van der Waals surface area contributed by atoms with Crippen molar-refractivity contribution in [2.24, 2.45) is 5.92 Å². The lowest BCUT2D eigenvalue weighted by atomic mass is 9.81. The molecular weight excluding hydrogens is 266 g/mol. The van der Waals surface area contributed by atoms with E-state index in [1.165, 1.54) is 49.7 Å². The fourth-order valence-electron chi connectivity index (χ4n) is 3.66. The molecule has 0 radical (unpaired) electrons. The van der Waals surface area contributed by atoms with Crippen molar-refractivity contribution >= 4 is 0 Å². The Labute approximate surface area is 134 Å². The molecule has 2 aromatic carbocycles. The topological polar surface area (TPSA) is 12.0 Å². The lowest BCUT2D eigenvalue weighted by Crippen LogP contribution is -2.38. The van der Waals surface area contributed by atoms with Crippen molar-refractivity contribution < 1.29 is 0 Å². The van der Waals surface area contributed by atoms with Crippen LogP contribution in [0.25, 0.3) is 0 Å². The summed E-state index contributed by atoms with van der Waals surface area (Å²) in [5.74, 6) is 0.831. The highest BCUT2D eigenvalue weighted by Gasteiger charge is 2.24. The number of benzene rings is 2. The normalized spacial score (nSPS) is 21.6. The van der Waals surface area contributed by atoms with Gasteiger partial charge in [0, 0.05) is 12.6 Å². The van der Waals surface area contributed by atoms with Crippen LogP contribution in [0.5, 0.6) is 0 Å². The zero-order valence-electron chi connectivity index (χ0n) is 13.4. The molecule has 1 nitrogen and oxygen atoms in total. The molecule has 2 aromatic rings. The fourth-order valence-corrected chi connectivity index (χ4v) is 3.66. The maximum absolute atomic E-state index is 3.82.